The molecule has 1 atom stereocenters. The van der Waals surface area contributed by atoms with Gasteiger partial charge < -0.3 is 15.1 Å². The molecule has 2 N–H and O–H groups in total. The lowest BCUT2D eigenvalue weighted by atomic mass is 10.1. The van der Waals surface area contributed by atoms with Gasteiger partial charge in [0.15, 0.2) is 6.54 Å². The van der Waals surface area contributed by atoms with E-state index in [0.29, 0.717) is 38.4 Å². The van der Waals surface area contributed by atoms with E-state index >= 15 is 0 Å². The lowest BCUT2D eigenvalue weighted by Crippen LogP contribution is -2.87. The summed E-state index contributed by atoms with van der Waals surface area (Å²) in [5.41, 5.74) is 1.64. The number of benzene rings is 2. The summed E-state index contributed by atoms with van der Waals surface area (Å²) in [4.78, 5) is 16.3. The van der Waals surface area contributed by atoms with Crippen molar-refractivity contribution in [3.63, 3.8) is 0 Å². The van der Waals surface area contributed by atoms with Crippen molar-refractivity contribution in [1.82, 2.24) is 4.90 Å². The van der Waals surface area contributed by atoms with Crippen molar-refractivity contribution in [3.05, 3.63) is 64.9 Å². The maximum atomic E-state index is 13.9. The molecule has 0 saturated carbocycles. The number of quaternary nitrogens is 1. The molecule has 1 aliphatic heterocycles. The Morgan fingerprint density at radius 2 is 1.77 bits per heavy atom. The first-order valence-electron chi connectivity index (χ1n) is 8.91. The molecule has 3 rings (SSSR count). The highest BCUT2D eigenvalue weighted by Crippen LogP contribution is 2.21. The van der Waals surface area contributed by atoms with Crippen LogP contribution in [0.5, 0.6) is 0 Å². The van der Waals surface area contributed by atoms with Crippen LogP contribution >= 0.6 is 11.6 Å². The summed E-state index contributed by atoms with van der Waals surface area (Å²) in [5, 5.41) is 2.73. The van der Waals surface area contributed by atoms with Crippen molar-refractivity contribution in [2.45, 2.75) is 13.0 Å². The number of anilines is 1. The fourth-order valence-electron chi connectivity index (χ4n) is 3.28. The summed E-state index contributed by atoms with van der Waals surface area (Å²) >= 11 is 6.22. The minimum atomic E-state index is -0.214. The molecule has 26 heavy (non-hydrogen) atoms. The molecule has 1 amide bonds. The third-order valence-electron chi connectivity index (χ3n) is 4.87. The van der Waals surface area contributed by atoms with Gasteiger partial charge in [-0.05, 0) is 25.1 Å². The summed E-state index contributed by atoms with van der Waals surface area (Å²) in [5.74, 6) is -0.105. The molecule has 2 aromatic rings. The van der Waals surface area contributed by atoms with Crippen molar-refractivity contribution in [1.29, 1.82) is 0 Å². The molecule has 2 aromatic carbocycles. The standard InChI is InChI=1S/C20H23ClFN3O/c1-15(16-6-2-3-7-17(16)21)23-14-20(26)25-12-10-24(11-13-25)19-9-5-4-8-18(19)22/h2-9,15,23H,10-14H2,1H3/p+1/t15-/m1/s1. The molecule has 1 fully saturated rings. The summed E-state index contributed by atoms with van der Waals surface area (Å²) < 4.78 is 13.9. The van der Waals surface area contributed by atoms with E-state index < -0.39 is 0 Å². The van der Waals surface area contributed by atoms with Crippen molar-refractivity contribution in [2.75, 3.05) is 37.6 Å². The molecule has 0 unspecified atom stereocenters. The van der Waals surface area contributed by atoms with Crippen molar-refractivity contribution >= 4 is 23.2 Å². The Bertz CT molecular complexity index is 762. The molecule has 0 aliphatic carbocycles. The molecule has 138 valence electrons. The molecule has 1 aliphatic rings. The lowest BCUT2D eigenvalue weighted by Gasteiger charge is -2.36. The number of para-hydroxylation sites is 1. The number of amides is 1. The number of nitrogens with two attached hydrogens (primary N) is 1. The van der Waals surface area contributed by atoms with Gasteiger partial charge in [-0.1, -0.05) is 41.9 Å². The van der Waals surface area contributed by atoms with E-state index in [1.807, 2.05) is 52.4 Å². The SMILES string of the molecule is C[C@@H]([NH2+]CC(=O)N1CCN(c2ccccc2F)CC1)c1ccccc1Cl. The Hall–Kier alpha value is -2.11. The largest absolute Gasteiger partial charge is 0.366 e. The van der Waals surface area contributed by atoms with E-state index in [0.717, 1.165) is 10.6 Å². The third kappa shape index (κ3) is 4.34. The van der Waals surface area contributed by atoms with Gasteiger partial charge in [0, 0.05) is 36.8 Å². The first-order chi connectivity index (χ1) is 12.6. The summed E-state index contributed by atoms with van der Waals surface area (Å²) in [7, 11) is 0. The molecule has 0 radical (unpaired) electrons. The summed E-state index contributed by atoms with van der Waals surface area (Å²) in [6, 6.07) is 14.6. The fourth-order valence-corrected chi connectivity index (χ4v) is 3.59. The Morgan fingerprint density at radius 3 is 2.46 bits per heavy atom. The zero-order valence-electron chi connectivity index (χ0n) is 14.9. The zero-order chi connectivity index (χ0) is 18.5. The number of hydrogen-bond acceptors (Lipinski definition) is 2. The van der Waals surface area contributed by atoms with Gasteiger partial charge in [0.2, 0.25) is 0 Å². The van der Waals surface area contributed by atoms with E-state index in [1.165, 1.54) is 6.07 Å². The molecule has 1 saturated heterocycles. The normalized spacial score (nSPS) is 15.8. The van der Waals surface area contributed by atoms with Crippen LogP contribution in [0, 0.1) is 5.82 Å². The topological polar surface area (TPSA) is 40.2 Å². The lowest BCUT2D eigenvalue weighted by molar-refractivity contribution is -0.683. The molecular formula is C20H24ClFN3O+. The second-order valence-corrected chi connectivity index (χ2v) is 6.98. The Labute approximate surface area is 158 Å². The van der Waals surface area contributed by atoms with Gasteiger partial charge in [-0.3, -0.25) is 4.79 Å². The van der Waals surface area contributed by atoms with Gasteiger partial charge >= 0.3 is 0 Å². The highest BCUT2D eigenvalue weighted by molar-refractivity contribution is 6.31. The monoisotopic (exact) mass is 376 g/mol. The number of halogens is 2. The number of rotatable bonds is 5. The van der Waals surface area contributed by atoms with E-state index in [4.69, 9.17) is 11.6 Å². The average Bonchev–Trinajstić information content (AvgIpc) is 2.67. The van der Waals surface area contributed by atoms with Gasteiger partial charge in [-0.25, -0.2) is 4.39 Å². The van der Waals surface area contributed by atoms with E-state index in [-0.39, 0.29) is 17.8 Å². The van der Waals surface area contributed by atoms with E-state index in [2.05, 4.69) is 0 Å². The Balaban J connectivity index is 1.50. The van der Waals surface area contributed by atoms with E-state index in [1.54, 1.807) is 12.1 Å². The quantitative estimate of drug-likeness (QED) is 0.870. The highest BCUT2D eigenvalue weighted by Gasteiger charge is 2.24. The van der Waals surface area contributed by atoms with Gasteiger partial charge in [0.05, 0.1) is 5.69 Å². The first-order valence-corrected chi connectivity index (χ1v) is 9.29. The summed E-state index contributed by atoms with van der Waals surface area (Å²) in [6.45, 7) is 4.94. The molecule has 4 nitrogen and oxygen atoms in total. The first kappa shape index (κ1) is 18.7. The number of nitrogens with zero attached hydrogens (tertiary/aromatic N) is 2. The van der Waals surface area contributed by atoms with Crippen LogP contribution in [0.25, 0.3) is 0 Å². The molecule has 0 bridgehead atoms. The van der Waals surface area contributed by atoms with Crippen LogP contribution in [0.4, 0.5) is 10.1 Å². The number of piperazine rings is 1. The van der Waals surface area contributed by atoms with Gasteiger partial charge in [-0.2, -0.15) is 0 Å². The van der Waals surface area contributed by atoms with Crippen molar-refractivity contribution in [2.24, 2.45) is 0 Å². The molecule has 1 heterocycles. The Kier molecular flexibility index (Phi) is 6.12. The minimum absolute atomic E-state index is 0.108. The van der Waals surface area contributed by atoms with Crippen LogP contribution in [0.3, 0.4) is 0 Å². The van der Waals surface area contributed by atoms with Crippen molar-refractivity contribution in [3.8, 4) is 0 Å². The van der Waals surface area contributed by atoms with Crippen LogP contribution in [-0.2, 0) is 4.79 Å². The minimum Gasteiger partial charge on any atom is -0.366 e. The van der Waals surface area contributed by atoms with Crippen LogP contribution in [0.2, 0.25) is 5.02 Å². The molecule has 0 spiro atoms. The van der Waals surface area contributed by atoms with Crippen LogP contribution in [0.1, 0.15) is 18.5 Å². The van der Waals surface area contributed by atoms with E-state index in [9.17, 15) is 9.18 Å². The van der Waals surface area contributed by atoms with Gasteiger partial charge in [0.25, 0.3) is 5.91 Å². The van der Waals surface area contributed by atoms with Crippen molar-refractivity contribution < 1.29 is 14.5 Å². The maximum absolute atomic E-state index is 13.9. The fraction of sp³-hybridized carbons (Fsp3) is 0.350. The zero-order valence-corrected chi connectivity index (χ0v) is 15.6. The van der Waals surface area contributed by atoms with Crippen LogP contribution in [0.15, 0.2) is 48.5 Å². The second-order valence-electron chi connectivity index (χ2n) is 6.57. The van der Waals surface area contributed by atoms with Gasteiger partial charge in [-0.15, -0.1) is 0 Å². The number of carbonyl (C=O) groups excluding carboxylic acids is 1. The van der Waals surface area contributed by atoms with Crippen LogP contribution in [-0.4, -0.2) is 43.5 Å². The average molecular weight is 377 g/mol. The molecular weight excluding hydrogens is 353 g/mol. The molecule has 0 aromatic heterocycles. The maximum Gasteiger partial charge on any atom is 0.277 e. The second kappa shape index (κ2) is 8.52. The predicted octanol–water partition coefficient (Wildman–Crippen LogP) is 2.45. The number of hydrogen-bond donors (Lipinski definition) is 1. The molecule has 6 heteroatoms. The number of carbonyl (C=O) groups is 1. The Morgan fingerprint density at radius 1 is 1.12 bits per heavy atom. The highest BCUT2D eigenvalue weighted by atomic mass is 35.5. The summed E-state index contributed by atoms with van der Waals surface area (Å²) in [6.07, 6.45) is 0. The van der Waals surface area contributed by atoms with Crippen LogP contribution < -0.4 is 10.2 Å². The van der Waals surface area contributed by atoms with Gasteiger partial charge in [0.1, 0.15) is 11.9 Å². The smallest absolute Gasteiger partial charge is 0.277 e. The third-order valence-corrected chi connectivity index (χ3v) is 5.21. The predicted molar refractivity (Wildman–Crippen MR) is 102 cm³/mol.